The lowest BCUT2D eigenvalue weighted by molar-refractivity contribution is -0.386. The first-order chi connectivity index (χ1) is 9.06. The molecule has 104 valence electrons. The third-order valence-electron chi connectivity index (χ3n) is 3.65. The van der Waals surface area contributed by atoms with Crippen LogP contribution in [0.2, 0.25) is 5.02 Å². The molecule has 1 saturated carbocycles. The van der Waals surface area contributed by atoms with Gasteiger partial charge in [0, 0.05) is 22.6 Å². The van der Waals surface area contributed by atoms with Crippen molar-refractivity contribution in [3.05, 3.63) is 33.3 Å². The van der Waals surface area contributed by atoms with E-state index in [1.807, 2.05) is 0 Å². The highest BCUT2D eigenvalue weighted by atomic mass is 35.5. The van der Waals surface area contributed by atoms with E-state index in [1.54, 1.807) is 0 Å². The molecule has 19 heavy (non-hydrogen) atoms. The van der Waals surface area contributed by atoms with Crippen LogP contribution in [0.25, 0.3) is 0 Å². The third kappa shape index (κ3) is 3.34. The summed E-state index contributed by atoms with van der Waals surface area (Å²) in [5.41, 5.74) is -0.00374. The predicted octanol–water partition coefficient (Wildman–Crippen LogP) is 4.12. The average molecular weight is 302 g/mol. The fourth-order valence-corrected chi connectivity index (χ4v) is 3.03. The molecule has 0 N–H and O–H groups in total. The minimum Gasteiger partial charge on any atom is -0.486 e. The van der Waals surface area contributed by atoms with Gasteiger partial charge in [-0.2, -0.15) is 12.6 Å². The van der Waals surface area contributed by atoms with E-state index < -0.39 is 4.92 Å². The summed E-state index contributed by atoms with van der Waals surface area (Å²) in [5, 5.41) is 11.4. The van der Waals surface area contributed by atoms with Gasteiger partial charge in [-0.05, 0) is 24.7 Å². The lowest BCUT2D eigenvalue weighted by atomic mass is 9.90. The highest BCUT2D eigenvalue weighted by Crippen LogP contribution is 2.40. The minimum atomic E-state index is -0.451. The van der Waals surface area contributed by atoms with Crippen molar-refractivity contribution in [3.63, 3.8) is 0 Å². The lowest BCUT2D eigenvalue weighted by Gasteiger charge is -2.26. The smallest absolute Gasteiger partial charge is 0.311 e. The second-order valence-electron chi connectivity index (χ2n) is 5.02. The number of nitrogens with zero attached hydrogens (tertiary/aromatic N) is 1. The molecule has 0 amide bonds. The van der Waals surface area contributed by atoms with Crippen molar-refractivity contribution in [1.29, 1.82) is 0 Å². The van der Waals surface area contributed by atoms with Crippen molar-refractivity contribution in [2.24, 2.45) is 5.41 Å². The summed E-state index contributed by atoms with van der Waals surface area (Å²) in [7, 11) is 0. The number of nitro groups is 1. The molecule has 1 aromatic rings. The van der Waals surface area contributed by atoms with Crippen LogP contribution in [0.1, 0.15) is 25.7 Å². The van der Waals surface area contributed by atoms with Crippen LogP contribution in [0.15, 0.2) is 18.2 Å². The van der Waals surface area contributed by atoms with E-state index in [0.717, 1.165) is 18.6 Å². The largest absolute Gasteiger partial charge is 0.486 e. The van der Waals surface area contributed by atoms with Crippen LogP contribution in [0.3, 0.4) is 0 Å². The molecule has 1 fully saturated rings. The van der Waals surface area contributed by atoms with Crippen molar-refractivity contribution in [1.82, 2.24) is 0 Å². The molecular weight excluding hydrogens is 286 g/mol. The fourth-order valence-electron chi connectivity index (χ4n) is 2.46. The van der Waals surface area contributed by atoms with Crippen LogP contribution >= 0.6 is 24.2 Å². The van der Waals surface area contributed by atoms with Gasteiger partial charge in [0.05, 0.1) is 11.5 Å². The predicted molar refractivity (Wildman–Crippen MR) is 78.4 cm³/mol. The van der Waals surface area contributed by atoms with E-state index in [-0.39, 0.29) is 16.9 Å². The number of hydrogen-bond donors (Lipinski definition) is 1. The van der Waals surface area contributed by atoms with Gasteiger partial charge in [0.15, 0.2) is 5.75 Å². The van der Waals surface area contributed by atoms with Gasteiger partial charge in [-0.3, -0.25) is 10.1 Å². The Balaban J connectivity index is 2.14. The number of nitro benzene ring substituents is 1. The van der Waals surface area contributed by atoms with Gasteiger partial charge in [-0.1, -0.05) is 24.4 Å². The third-order valence-corrected chi connectivity index (χ3v) is 4.56. The molecule has 0 radical (unpaired) electrons. The van der Waals surface area contributed by atoms with E-state index >= 15 is 0 Å². The zero-order valence-corrected chi connectivity index (χ0v) is 12.1. The molecule has 0 atom stereocenters. The standard InChI is InChI=1S/C13H16ClNO3S/c14-10-3-4-11(15(16)17)12(7-10)18-8-13(9-19)5-1-2-6-13/h3-4,7,19H,1-2,5-6,8-9H2. The van der Waals surface area contributed by atoms with Gasteiger partial charge in [0.2, 0.25) is 0 Å². The molecule has 2 rings (SSSR count). The maximum Gasteiger partial charge on any atom is 0.311 e. The SMILES string of the molecule is O=[N+]([O-])c1ccc(Cl)cc1OCC1(CS)CCCC1. The van der Waals surface area contributed by atoms with Gasteiger partial charge in [-0.25, -0.2) is 0 Å². The number of halogens is 1. The van der Waals surface area contributed by atoms with E-state index in [9.17, 15) is 10.1 Å². The summed E-state index contributed by atoms with van der Waals surface area (Å²) in [6.45, 7) is 0.456. The second kappa shape index (κ2) is 6.01. The monoisotopic (exact) mass is 301 g/mol. The Labute approximate surface area is 122 Å². The minimum absolute atomic E-state index is 0.0410. The number of benzene rings is 1. The fraction of sp³-hybridized carbons (Fsp3) is 0.538. The Kier molecular flexibility index (Phi) is 4.58. The Morgan fingerprint density at radius 3 is 2.68 bits per heavy atom. The normalized spacial score (nSPS) is 17.4. The van der Waals surface area contributed by atoms with E-state index in [4.69, 9.17) is 16.3 Å². The van der Waals surface area contributed by atoms with Crippen LogP contribution in [-0.4, -0.2) is 17.3 Å². The van der Waals surface area contributed by atoms with Crippen LogP contribution in [0.4, 0.5) is 5.69 Å². The molecule has 6 heteroatoms. The van der Waals surface area contributed by atoms with E-state index in [2.05, 4.69) is 12.6 Å². The second-order valence-corrected chi connectivity index (χ2v) is 5.78. The molecule has 1 aliphatic rings. The highest BCUT2D eigenvalue weighted by Gasteiger charge is 2.34. The Morgan fingerprint density at radius 1 is 1.42 bits per heavy atom. The number of thiol groups is 1. The molecule has 0 aromatic heterocycles. The van der Waals surface area contributed by atoms with Gasteiger partial charge in [-0.15, -0.1) is 0 Å². The van der Waals surface area contributed by atoms with Crippen molar-refractivity contribution in [3.8, 4) is 5.75 Å². The average Bonchev–Trinajstić information content (AvgIpc) is 2.85. The Morgan fingerprint density at radius 2 is 2.11 bits per heavy atom. The van der Waals surface area contributed by atoms with Gasteiger partial charge >= 0.3 is 5.69 Å². The first-order valence-electron chi connectivity index (χ1n) is 6.24. The van der Waals surface area contributed by atoms with Crippen LogP contribution in [0.5, 0.6) is 5.75 Å². The van der Waals surface area contributed by atoms with Crippen molar-refractivity contribution in [2.45, 2.75) is 25.7 Å². The molecule has 1 aliphatic carbocycles. The summed E-state index contributed by atoms with van der Waals surface area (Å²) < 4.78 is 5.68. The van der Waals surface area contributed by atoms with Crippen molar-refractivity contribution >= 4 is 29.9 Å². The zero-order valence-electron chi connectivity index (χ0n) is 10.5. The molecule has 0 unspecified atom stereocenters. The molecular formula is C13H16ClNO3S. The molecule has 0 heterocycles. The summed E-state index contributed by atoms with van der Waals surface area (Å²) in [6, 6.07) is 4.37. The first kappa shape index (κ1) is 14.5. The Hall–Kier alpha value is -0.940. The molecule has 1 aromatic carbocycles. The quantitative estimate of drug-likeness (QED) is 0.506. The summed E-state index contributed by atoms with van der Waals surface area (Å²) in [5.74, 6) is 0.979. The van der Waals surface area contributed by atoms with E-state index in [0.29, 0.717) is 11.6 Å². The summed E-state index contributed by atoms with van der Waals surface area (Å²) in [4.78, 5) is 10.5. The topological polar surface area (TPSA) is 52.4 Å². The molecule has 0 bridgehead atoms. The number of rotatable bonds is 5. The van der Waals surface area contributed by atoms with Crippen molar-refractivity contribution < 1.29 is 9.66 Å². The molecule has 0 saturated heterocycles. The van der Waals surface area contributed by atoms with Crippen LogP contribution < -0.4 is 4.74 Å². The number of ether oxygens (including phenoxy) is 1. The van der Waals surface area contributed by atoms with Crippen molar-refractivity contribution in [2.75, 3.05) is 12.4 Å². The molecule has 0 aliphatic heterocycles. The van der Waals surface area contributed by atoms with Crippen LogP contribution in [-0.2, 0) is 0 Å². The molecule has 0 spiro atoms. The highest BCUT2D eigenvalue weighted by molar-refractivity contribution is 7.80. The number of hydrogen-bond acceptors (Lipinski definition) is 4. The van der Waals surface area contributed by atoms with Crippen LogP contribution in [0, 0.1) is 15.5 Å². The van der Waals surface area contributed by atoms with Gasteiger partial charge < -0.3 is 4.74 Å². The van der Waals surface area contributed by atoms with E-state index in [1.165, 1.54) is 31.0 Å². The zero-order chi connectivity index (χ0) is 13.9. The lowest BCUT2D eigenvalue weighted by Crippen LogP contribution is -2.27. The maximum absolute atomic E-state index is 10.9. The van der Waals surface area contributed by atoms with Gasteiger partial charge in [0.25, 0.3) is 0 Å². The molecule has 4 nitrogen and oxygen atoms in total. The van der Waals surface area contributed by atoms with Gasteiger partial charge in [0.1, 0.15) is 0 Å². The summed E-state index contributed by atoms with van der Waals surface area (Å²) >= 11 is 10.3. The summed E-state index contributed by atoms with van der Waals surface area (Å²) in [6.07, 6.45) is 4.46. The Bertz CT molecular complexity index is 475. The maximum atomic E-state index is 10.9. The first-order valence-corrected chi connectivity index (χ1v) is 7.25.